The molecule has 0 bridgehead atoms. The molecule has 0 spiro atoms. The lowest BCUT2D eigenvalue weighted by Crippen LogP contribution is -2.12. The maximum Gasteiger partial charge on any atom is 0.128 e. The van der Waals surface area contributed by atoms with Crippen molar-refractivity contribution in [2.75, 3.05) is 13.1 Å². The predicted molar refractivity (Wildman–Crippen MR) is 55.6 cm³/mol. The van der Waals surface area contributed by atoms with E-state index < -0.39 is 0 Å². The molecule has 1 atom stereocenters. The number of hydrogen-bond donors (Lipinski definition) is 1. The Morgan fingerprint density at radius 1 is 1.77 bits per heavy atom. The van der Waals surface area contributed by atoms with Crippen LogP contribution in [-0.4, -0.2) is 22.9 Å². The fourth-order valence-corrected chi connectivity index (χ4v) is 2.34. The van der Waals surface area contributed by atoms with E-state index in [1.807, 2.05) is 11.7 Å². The molecule has 0 aliphatic carbocycles. The molecule has 1 aliphatic heterocycles. The predicted octanol–water partition coefficient (Wildman–Crippen LogP) is 1.33. The lowest BCUT2D eigenvalue weighted by Gasteiger charge is -2.07. The number of nitrogens with zero attached hydrogens (tertiary/aromatic N) is 2. The SMILES string of the molecule is Cn1nc(Br)cc1CC1CCNC1. The van der Waals surface area contributed by atoms with E-state index in [0.717, 1.165) is 23.5 Å². The van der Waals surface area contributed by atoms with Crippen LogP contribution < -0.4 is 5.32 Å². The monoisotopic (exact) mass is 243 g/mol. The molecular weight excluding hydrogens is 230 g/mol. The highest BCUT2D eigenvalue weighted by molar-refractivity contribution is 9.10. The largest absolute Gasteiger partial charge is 0.316 e. The summed E-state index contributed by atoms with van der Waals surface area (Å²) in [6.07, 6.45) is 2.44. The van der Waals surface area contributed by atoms with Crippen LogP contribution in [0.2, 0.25) is 0 Å². The molecule has 1 saturated heterocycles. The van der Waals surface area contributed by atoms with Crippen molar-refractivity contribution in [3.8, 4) is 0 Å². The normalized spacial score (nSPS) is 22.5. The van der Waals surface area contributed by atoms with Crippen LogP contribution in [0, 0.1) is 5.92 Å². The Bertz CT molecular complexity index is 289. The van der Waals surface area contributed by atoms with Crippen molar-refractivity contribution >= 4 is 15.9 Å². The summed E-state index contributed by atoms with van der Waals surface area (Å²) in [6, 6.07) is 2.11. The molecule has 4 heteroatoms. The van der Waals surface area contributed by atoms with Gasteiger partial charge in [0.1, 0.15) is 4.60 Å². The van der Waals surface area contributed by atoms with Crippen LogP contribution in [0.1, 0.15) is 12.1 Å². The topological polar surface area (TPSA) is 29.9 Å². The summed E-state index contributed by atoms with van der Waals surface area (Å²) in [6.45, 7) is 2.33. The van der Waals surface area contributed by atoms with E-state index >= 15 is 0 Å². The molecule has 1 aromatic heterocycles. The Morgan fingerprint density at radius 3 is 3.15 bits per heavy atom. The van der Waals surface area contributed by atoms with Gasteiger partial charge in [0.2, 0.25) is 0 Å². The lowest BCUT2D eigenvalue weighted by atomic mass is 10.0. The van der Waals surface area contributed by atoms with E-state index in [-0.39, 0.29) is 0 Å². The molecule has 72 valence electrons. The average molecular weight is 244 g/mol. The highest BCUT2D eigenvalue weighted by Gasteiger charge is 2.16. The van der Waals surface area contributed by atoms with Crippen LogP contribution in [0.25, 0.3) is 0 Å². The molecule has 1 unspecified atom stereocenters. The van der Waals surface area contributed by atoms with E-state index in [1.54, 1.807) is 0 Å². The van der Waals surface area contributed by atoms with Crippen LogP contribution in [0.4, 0.5) is 0 Å². The Balaban J connectivity index is 2.03. The smallest absolute Gasteiger partial charge is 0.128 e. The first-order chi connectivity index (χ1) is 6.25. The van der Waals surface area contributed by atoms with Gasteiger partial charge >= 0.3 is 0 Å². The van der Waals surface area contributed by atoms with Gasteiger partial charge in [0, 0.05) is 12.7 Å². The van der Waals surface area contributed by atoms with E-state index in [9.17, 15) is 0 Å². The van der Waals surface area contributed by atoms with Crippen LogP contribution in [-0.2, 0) is 13.5 Å². The van der Waals surface area contributed by atoms with Crippen molar-refractivity contribution in [2.45, 2.75) is 12.8 Å². The zero-order valence-corrected chi connectivity index (χ0v) is 9.34. The van der Waals surface area contributed by atoms with Crippen molar-refractivity contribution in [1.29, 1.82) is 0 Å². The minimum absolute atomic E-state index is 0.794. The van der Waals surface area contributed by atoms with E-state index in [4.69, 9.17) is 0 Å². The van der Waals surface area contributed by atoms with Gasteiger partial charge in [0.05, 0.1) is 0 Å². The fraction of sp³-hybridized carbons (Fsp3) is 0.667. The first kappa shape index (κ1) is 9.21. The van der Waals surface area contributed by atoms with E-state index in [1.165, 1.54) is 18.7 Å². The van der Waals surface area contributed by atoms with Gasteiger partial charge < -0.3 is 5.32 Å². The number of nitrogens with one attached hydrogen (secondary N) is 1. The Labute approximate surface area is 86.6 Å². The number of halogens is 1. The first-order valence-electron chi connectivity index (χ1n) is 4.65. The van der Waals surface area contributed by atoms with Crippen molar-refractivity contribution in [2.24, 2.45) is 13.0 Å². The van der Waals surface area contributed by atoms with Crippen molar-refractivity contribution in [1.82, 2.24) is 15.1 Å². The third-order valence-electron chi connectivity index (χ3n) is 2.61. The van der Waals surface area contributed by atoms with Gasteiger partial charge in [-0.15, -0.1) is 0 Å². The average Bonchev–Trinajstić information content (AvgIpc) is 2.63. The zero-order valence-electron chi connectivity index (χ0n) is 7.76. The summed E-state index contributed by atoms with van der Waals surface area (Å²) in [5.41, 5.74) is 1.32. The summed E-state index contributed by atoms with van der Waals surface area (Å²) >= 11 is 3.38. The van der Waals surface area contributed by atoms with Gasteiger partial charge in [0.15, 0.2) is 0 Å². The Morgan fingerprint density at radius 2 is 2.62 bits per heavy atom. The molecule has 1 aromatic rings. The minimum Gasteiger partial charge on any atom is -0.316 e. The molecule has 0 aromatic carbocycles. The summed E-state index contributed by atoms with van der Waals surface area (Å²) in [4.78, 5) is 0. The van der Waals surface area contributed by atoms with Gasteiger partial charge in [-0.25, -0.2) is 0 Å². The molecule has 1 N–H and O–H groups in total. The molecule has 0 radical (unpaired) electrons. The molecule has 1 aliphatic rings. The quantitative estimate of drug-likeness (QED) is 0.850. The van der Waals surface area contributed by atoms with Gasteiger partial charge in [-0.2, -0.15) is 5.10 Å². The summed E-state index contributed by atoms with van der Waals surface area (Å²) < 4.78 is 2.90. The zero-order chi connectivity index (χ0) is 9.26. The Kier molecular flexibility index (Phi) is 2.69. The van der Waals surface area contributed by atoms with Crippen molar-refractivity contribution in [3.63, 3.8) is 0 Å². The van der Waals surface area contributed by atoms with Gasteiger partial charge in [-0.3, -0.25) is 4.68 Å². The number of hydrogen-bond acceptors (Lipinski definition) is 2. The van der Waals surface area contributed by atoms with Crippen LogP contribution >= 0.6 is 15.9 Å². The van der Waals surface area contributed by atoms with E-state index in [2.05, 4.69) is 32.4 Å². The van der Waals surface area contributed by atoms with Gasteiger partial charge in [0.25, 0.3) is 0 Å². The highest BCUT2D eigenvalue weighted by atomic mass is 79.9. The van der Waals surface area contributed by atoms with Gasteiger partial charge in [-0.1, -0.05) is 0 Å². The molecule has 2 rings (SSSR count). The summed E-state index contributed by atoms with van der Waals surface area (Å²) in [5.74, 6) is 0.794. The van der Waals surface area contributed by atoms with Crippen LogP contribution in [0.3, 0.4) is 0 Å². The molecular formula is C9H14BrN3. The lowest BCUT2D eigenvalue weighted by molar-refractivity contribution is 0.548. The Hall–Kier alpha value is -0.350. The van der Waals surface area contributed by atoms with Crippen LogP contribution in [0.15, 0.2) is 10.7 Å². The summed E-state index contributed by atoms with van der Waals surface area (Å²) in [5, 5.41) is 7.64. The molecule has 2 heterocycles. The maximum atomic E-state index is 4.27. The van der Waals surface area contributed by atoms with Gasteiger partial charge in [-0.05, 0) is 53.8 Å². The molecule has 3 nitrogen and oxygen atoms in total. The highest BCUT2D eigenvalue weighted by Crippen LogP contribution is 2.17. The standard InChI is InChI=1S/C9H14BrN3/c1-13-8(5-9(10)12-13)4-7-2-3-11-6-7/h5,7,11H,2-4,6H2,1H3. The minimum atomic E-state index is 0.794. The van der Waals surface area contributed by atoms with Crippen molar-refractivity contribution < 1.29 is 0 Å². The molecule has 0 saturated carbocycles. The number of rotatable bonds is 2. The number of aryl methyl sites for hydroxylation is 1. The van der Waals surface area contributed by atoms with Crippen molar-refractivity contribution in [3.05, 3.63) is 16.4 Å². The second-order valence-electron chi connectivity index (χ2n) is 3.64. The third-order valence-corrected chi connectivity index (χ3v) is 2.99. The molecule has 0 amide bonds. The second kappa shape index (κ2) is 3.80. The maximum absolute atomic E-state index is 4.27. The molecule has 1 fully saturated rings. The first-order valence-corrected chi connectivity index (χ1v) is 5.44. The number of aromatic nitrogens is 2. The van der Waals surface area contributed by atoms with Crippen LogP contribution in [0.5, 0.6) is 0 Å². The summed E-state index contributed by atoms with van der Waals surface area (Å²) in [7, 11) is 2.00. The second-order valence-corrected chi connectivity index (χ2v) is 4.46. The fourth-order valence-electron chi connectivity index (χ4n) is 1.84. The third kappa shape index (κ3) is 2.11. The van der Waals surface area contributed by atoms with E-state index in [0.29, 0.717) is 0 Å². The molecule has 13 heavy (non-hydrogen) atoms.